The van der Waals surface area contributed by atoms with Crippen molar-refractivity contribution in [3.8, 4) is 5.75 Å². The zero-order valence-corrected chi connectivity index (χ0v) is 17.4. The third kappa shape index (κ3) is 4.40. The van der Waals surface area contributed by atoms with Gasteiger partial charge >= 0.3 is 0 Å². The standard InChI is InChI=1S/C20H22N4O4S/c1-13-9-10-15(20(25)21-19-11-14(2)22-24(19)3)12-18(13)29(26,27)23-16-7-5-6-8-17(16)28-4/h5-12,23H,1-4H3,(H,21,25). The molecule has 9 heteroatoms. The lowest BCUT2D eigenvalue weighted by atomic mass is 10.1. The van der Waals surface area contributed by atoms with Crippen molar-refractivity contribution >= 4 is 27.4 Å². The lowest BCUT2D eigenvalue weighted by molar-refractivity contribution is 0.102. The Labute approximate surface area is 169 Å². The largest absolute Gasteiger partial charge is 0.495 e. The number of rotatable bonds is 6. The van der Waals surface area contributed by atoms with E-state index in [-0.39, 0.29) is 10.5 Å². The Hall–Kier alpha value is -3.33. The van der Waals surface area contributed by atoms with Crippen LogP contribution in [0.15, 0.2) is 53.4 Å². The van der Waals surface area contributed by atoms with Gasteiger partial charge in [-0.15, -0.1) is 0 Å². The summed E-state index contributed by atoms with van der Waals surface area (Å²) in [4.78, 5) is 12.6. The summed E-state index contributed by atoms with van der Waals surface area (Å²) in [6.45, 7) is 3.48. The minimum absolute atomic E-state index is 0.0113. The lowest BCUT2D eigenvalue weighted by Gasteiger charge is -2.14. The minimum Gasteiger partial charge on any atom is -0.495 e. The molecule has 0 fully saturated rings. The molecule has 0 spiro atoms. The maximum Gasteiger partial charge on any atom is 0.262 e. The molecule has 3 rings (SSSR count). The molecular weight excluding hydrogens is 392 g/mol. The summed E-state index contributed by atoms with van der Waals surface area (Å²) in [5.74, 6) is 0.487. The molecule has 0 saturated heterocycles. The molecule has 1 aromatic heterocycles. The number of hydrogen-bond donors (Lipinski definition) is 2. The van der Waals surface area contributed by atoms with Crippen molar-refractivity contribution in [2.24, 2.45) is 7.05 Å². The summed E-state index contributed by atoms with van der Waals surface area (Å²) >= 11 is 0. The number of para-hydroxylation sites is 2. The molecule has 0 saturated carbocycles. The van der Waals surface area contributed by atoms with Gasteiger partial charge in [-0.2, -0.15) is 5.10 Å². The molecule has 29 heavy (non-hydrogen) atoms. The molecule has 0 bridgehead atoms. The second-order valence-electron chi connectivity index (χ2n) is 6.53. The number of nitrogens with zero attached hydrogens (tertiary/aromatic N) is 2. The van der Waals surface area contributed by atoms with Crippen molar-refractivity contribution in [1.82, 2.24) is 9.78 Å². The van der Waals surface area contributed by atoms with Gasteiger partial charge in [0.2, 0.25) is 0 Å². The lowest BCUT2D eigenvalue weighted by Crippen LogP contribution is -2.18. The van der Waals surface area contributed by atoms with Crippen LogP contribution in [0.5, 0.6) is 5.75 Å². The predicted octanol–water partition coefficient (Wildman–Crippen LogP) is 3.10. The molecular formula is C20H22N4O4S. The van der Waals surface area contributed by atoms with E-state index in [0.29, 0.717) is 22.8 Å². The summed E-state index contributed by atoms with van der Waals surface area (Å²) in [5.41, 5.74) is 1.81. The van der Waals surface area contributed by atoms with Crippen molar-refractivity contribution in [3.63, 3.8) is 0 Å². The Morgan fingerprint density at radius 1 is 1.10 bits per heavy atom. The van der Waals surface area contributed by atoms with Gasteiger partial charge in [-0.25, -0.2) is 8.42 Å². The SMILES string of the molecule is COc1ccccc1NS(=O)(=O)c1cc(C(=O)Nc2cc(C)nn2C)ccc1C. The van der Waals surface area contributed by atoms with Crippen molar-refractivity contribution in [1.29, 1.82) is 0 Å². The van der Waals surface area contributed by atoms with Crippen LogP contribution in [0.1, 0.15) is 21.6 Å². The number of methoxy groups -OCH3 is 1. The van der Waals surface area contributed by atoms with E-state index in [2.05, 4.69) is 15.1 Å². The molecule has 2 N–H and O–H groups in total. The fourth-order valence-corrected chi connectivity index (χ4v) is 4.22. The maximum absolute atomic E-state index is 13.0. The number of carbonyl (C=O) groups excluding carboxylic acids is 1. The van der Waals surface area contributed by atoms with Crippen LogP contribution < -0.4 is 14.8 Å². The molecule has 0 unspecified atom stereocenters. The number of sulfonamides is 1. The van der Waals surface area contributed by atoms with Crippen molar-refractivity contribution < 1.29 is 17.9 Å². The van der Waals surface area contributed by atoms with Gasteiger partial charge in [-0.05, 0) is 43.7 Å². The molecule has 0 aliphatic rings. The fraction of sp³-hybridized carbons (Fsp3) is 0.200. The Morgan fingerprint density at radius 2 is 1.83 bits per heavy atom. The maximum atomic E-state index is 13.0. The van der Waals surface area contributed by atoms with E-state index in [9.17, 15) is 13.2 Å². The van der Waals surface area contributed by atoms with E-state index in [4.69, 9.17) is 4.74 Å². The number of carbonyl (C=O) groups is 1. The Balaban J connectivity index is 1.91. The first kappa shape index (κ1) is 20.4. The van der Waals surface area contributed by atoms with Crippen LogP contribution in [0.3, 0.4) is 0 Å². The summed E-state index contributed by atoms with van der Waals surface area (Å²) in [6, 6.07) is 13.0. The van der Waals surface area contributed by atoms with Gasteiger partial charge in [0.1, 0.15) is 11.6 Å². The molecule has 8 nitrogen and oxygen atoms in total. The number of benzene rings is 2. The average Bonchev–Trinajstić information content (AvgIpc) is 2.98. The molecule has 3 aromatic rings. The number of hydrogen-bond acceptors (Lipinski definition) is 5. The number of aryl methyl sites for hydroxylation is 3. The van der Waals surface area contributed by atoms with Gasteiger partial charge in [0, 0.05) is 18.7 Å². The molecule has 0 aliphatic carbocycles. The van der Waals surface area contributed by atoms with Gasteiger partial charge in [-0.3, -0.25) is 14.2 Å². The minimum atomic E-state index is -3.94. The number of anilines is 2. The van der Waals surface area contributed by atoms with Crippen LogP contribution in [0.25, 0.3) is 0 Å². The van der Waals surface area contributed by atoms with Gasteiger partial charge in [0.05, 0.1) is 23.4 Å². The molecule has 152 valence electrons. The summed E-state index contributed by atoms with van der Waals surface area (Å²) in [7, 11) is -0.762. The van der Waals surface area contributed by atoms with Crippen LogP contribution in [0.2, 0.25) is 0 Å². The Kier molecular flexibility index (Phi) is 5.60. The number of ether oxygens (including phenoxy) is 1. The third-order valence-electron chi connectivity index (χ3n) is 4.33. The summed E-state index contributed by atoms with van der Waals surface area (Å²) in [5, 5.41) is 6.92. The van der Waals surface area contributed by atoms with Crippen LogP contribution in [0, 0.1) is 13.8 Å². The van der Waals surface area contributed by atoms with E-state index >= 15 is 0 Å². The molecule has 1 heterocycles. The second-order valence-corrected chi connectivity index (χ2v) is 8.19. The Bertz CT molecular complexity index is 1170. The smallest absolute Gasteiger partial charge is 0.262 e. The molecule has 0 aliphatic heterocycles. The zero-order chi connectivity index (χ0) is 21.2. The third-order valence-corrected chi connectivity index (χ3v) is 5.84. The number of aromatic nitrogens is 2. The summed E-state index contributed by atoms with van der Waals surface area (Å²) < 4.78 is 35.2. The second kappa shape index (κ2) is 7.96. The first-order valence-electron chi connectivity index (χ1n) is 8.80. The fourth-order valence-electron chi connectivity index (χ4n) is 2.88. The monoisotopic (exact) mass is 414 g/mol. The quantitative estimate of drug-likeness (QED) is 0.645. The average molecular weight is 414 g/mol. The van der Waals surface area contributed by atoms with Crippen LogP contribution in [-0.4, -0.2) is 31.2 Å². The van der Waals surface area contributed by atoms with E-state index in [1.807, 2.05) is 6.92 Å². The van der Waals surface area contributed by atoms with Crippen LogP contribution in [0.4, 0.5) is 11.5 Å². The topological polar surface area (TPSA) is 102 Å². The first-order valence-corrected chi connectivity index (χ1v) is 10.3. The van der Waals surface area contributed by atoms with Crippen LogP contribution >= 0.6 is 0 Å². The Morgan fingerprint density at radius 3 is 2.48 bits per heavy atom. The summed E-state index contributed by atoms with van der Waals surface area (Å²) in [6.07, 6.45) is 0. The van der Waals surface area contributed by atoms with Crippen molar-refractivity contribution in [2.45, 2.75) is 18.7 Å². The molecule has 2 aromatic carbocycles. The zero-order valence-electron chi connectivity index (χ0n) is 16.6. The van der Waals surface area contributed by atoms with E-state index < -0.39 is 15.9 Å². The predicted molar refractivity (Wildman–Crippen MR) is 111 cm³/mol. The van der Waals surface area contributed by atoms with Gasteiger partial charge in [-0.1, -0.05) is 18.2 Å². The highest BCUT2D eigenvalue weighted by Crippen LogP contribution is 2.27. The van der Waals surface area contributed by atoms with Crippen LogP contribution in [-0.2, 0) is 17.1 Å². The normalized spacial score (nSPS) is 11.2. The van der Waals surface area contributed by atoms with E-state index in [0.717, 1.165) is 5.69 Å². The van der Waals surface area contributed by atoms with E-state index in [1.54, 1.807) is 61.1 Å². The highest BCUT2D eigenvalue weighted by Gasteiger charge is 2.21. The first-order chi connectivity index (χ1) is 13.7. The molecule has 1 amide bonds. The van der Waals surface area contributed by atoms with Crippen molar-refractivity contribution in [3.05, 3.63) is 65.4 Å². The van der Waals surface area contributed by atoms with Gasteiger partial charge < -0.3 is 10.1 Å². The highest BCUT2D eigenvalue weighted by molar-refractivity contribution is 7.92. The number of amides is 1. The highest BCUT2D eigenvalue weighted by atomic mass is 32.2. The van der Waals surface area contributed by atoms with Gasteiger partial charge in [0.25, 0.3) is 15.9 Å². The number of nitrogens with one attached hydrogen (secondary N) is 2. The molecule has 0 atom stereocenters. The molecule has 0 radical (unpaired) electrons. The van der Waals surface area contributed by atoms with E-state index in [1.165, 1.54) is 13.2 Å². The van der Waals surface area contributed by atoms with Gasteiger partial charge in [0.15, 0.2) is 0 Å². The van der Waals surface area contributed by atoms with Crippen molar-refractivity contribution in [2.75, 3.05) is 17.1 Å².